The van der Waals surface area contributed by atoms with Crippen LogP contribution in [0.1, 0.15) is 535 Å². The summed E-state index contributed by atoms with van der Waals surface area (Å²) >= 11 is 0. The van der Waals surface area contributed by atoms with E-state index in [1.807, 2.05) is 34.6 Å². The van der Waals surface area contributed by atoms with E-state index in [2.05, 4.69) is 0 Å². The van der Waals surface area contributed by atoms with E-state index in [0.717, 1.165) is 244 Å². The largest absolute Gasteiger partial charge is 0.300 e. The zero-order chi connectivity index (χ0) is 88.3. The molecule has 8 saturated carbocycles. The van der Waals surface area contributed by atoms with Crippen molar-refractivity contribution in [3.05, 3.63) is 0 Å². The molecule has 0 saturated heterocycles. The van der Waals surface area contributed by atoms with Crippen LogP contribution < -0.4 is 0 Å². The third-order valence-corrected chi connectivity index (χ3v) is 24.5. The Kier molecular flexibility index (Phi) is 73.7. The molecule has 8 fully saturated rings. The Morgan fingerprint density at radius 3 is 0.275 bits per heavy atom. The number of ketones is 16. The van der Waals surface area contributed by atoms with Gasteiger partial charge in [-0.2, -0.15) is 0 Å². The van der Waals surface area contributed by atoms with Gasteiger partial charge in [-0.05, 0) is 152 Å². The summed E-state index contributed by atoms with van der Waals surface area (Å²) in [5, 5.41) is 0. The van der Waals surface area contributed by atoms with Gasteiger partial charge < -0.3 is 0 Å². The normalized spacial score (nSPS) is 23.0. The van der Waals surface area contributed by atoms with Crippen LogP contribution in [0.25, 0.3) is 0 Å². The van der Waals surface area contributed by atoms with E-state index < -0.39 is 0 Å². The van der Waals surface area contributed by atoms with Gasteiger partial charge in [0.25, 0.3) is 0 Å². The Morgan fingerprint density at radius 2 is 0.167 bits per heavy atom. The van der Waals surface area contributed by atoms with E-state index in [-0.39, 0.29) is 29.6 Å². The summed E-state index contributed by atoms with van der Waals surface area (Å²) in [5.41, 5.74) is 0. The van der Waals surface area contributed by atoms with Crippen LogP contribution in [-0.4, -0.2) is 92.5 Å². The van der Waals surface area contributed by atoms with Crippen molar-refractivity contribution in [2.24, 2.45) is 29.6 Å². The van der Waals surface area contributed by atoms with Crippen LogP contribution in [0.4, 0.5) is 0 Å². The standard InChI is InChI=1S/C16H28O2.2C15H26O2.C14H24O2.C13H22O2.C11H18O2.2C10H16O2/c1-14-12-15(17)10-8-6-4-2-3-5-7-9-11-16(18)13-14;1-13-11-14(16)9-7-5-3-2-4-6-8-10-15(17)12-13;16-14-10-7-5-3-1-2-4-6-8-11-15(17)13-9-12-14;1-12-10-13(15)8-6-4-2-3-5-7-9-14(16)11-12;1-11-9-12(14)7-5-3-2-4-6-8-13(15)10-11;12-10-6-3-1-2-4-7-11(13)9-5-8-10;1-8-6-9(11)4-2-3-5-10(12)7-8;11-9-5-2-1-3-6-10(12)8-4-7-9/h14H,2-13H2,1H3;13H,2-12H2,1H3;1-13H2;12H,2-11H2,1H3;11H,2-10H2,1H3;1-9H2;8H,2-7H2,1H3;1-8H2. The quantitative estimate of drug-likeness (QED) is 0.218. The number of carbonyl (C=O) groups is 16. The molecule has 0 unspecified atom stereocenters. The molecule has 0 aliphatic heterocycles. The van der Waals surface area contributed by atoms with Crippen molar-refractivity contribution in [2.45, 2.75) is 535 Å². The second-order valence-corrected chi connectivity index (χ2v) is 37.9. The van der Waals surface area contributed by atoms with Crippen LogP contribution in [0.3, 0.4) is 0 Å². The van der Waals surface area contributed by atoms with Crippen LogP contribution >= 0.6 is 0 Å². The molecule has 8 rings (SSSR count). The number of hydrogen-bond donors (Lipinski definition) is 0. The van der Waals surface area contributed by atoms with E-state index in [0.29, 0.717) is 208 Å². The minimum atomic E-state index is 0.245. The first-order valence-corrected chi connectivity index (χ1v) is 50.0. The summed E-state index contributed by atoms with van der Waals surface area (Å²) in [7, 11) is 0. The van der Waals surface area contributed by atoms with Gasteiger partial charge in [-0.3, -0.25) is 76.7 Å². The molecule has 0 bridgehead atoms. The Hall–Kier alpha value is -5.28. The van der Waals surface area contributed by atoms with E-state index in [4.69, 9.17) is 0 Å². The predicted octanol–water partition coefficient (Wildman–Crippen LogP) is 26.7. The van der Waals surface area contributed by atoms with Crippen LogP contribution in [0.2, 0.25) is 0 Å². The summed E-state index contributed by atoms with van der Waals surface area (Å²) in [6, 6.07) is 0. The van der Waals surface area contributed by atoms with Gasteiger partial charge in [-0.1, -0.05) is 208 Å². The van der Waals surface area contributed by atoms with Gasteiger partial charge in [0, 0.05) is 205 Å². The van der Waals surface area contributed by atoms with Crippen LogP contribution in [0.5, 0.6) is 0 Å². The molecule has 0 aromatic heterocycles. The zero-order valence-corrected chi connectivity index (χ0v) is 77.6. The first-order valence-electron chi connectivity index (χ1n) is 50.0. The average molecular weight is 1680 g/mol. The topological polar surface area (TPSA) is 273 Å². The minimum Gasteiger partial charge on any atom is -0.300 e. The Labute approximate surface area is 730 Å². The highest BCUT2D eigenvalue weighted by molar-refractivity contribution is 5.86. The summed E-state index contributed by atoms with van der Waals surface area (Å²) in [5.74, 6) is 6.78. The van der Waals surface area contributed by atoms with Gasteiger partial charge in [0.05, 0.1) is 0 Å². The first-order chi connectivity index (χ1) is 57.8. The molecular weight excluding hydrogens is 1510 g/mol. The van der Waals surface area contributed by atoms with Gasteiger partial charge >= 0.3 is 0 Å². The fourth-order valence-electron chi connectivity index (χ4n) is 17.4. The molecule has 0 radical (unpaired) electrons. The molecule has 0 aromatic rings. The summed E-state index contributed by atoms with van der Waals surface area (Å²) in [4.78, 5) is 183. The Bertz CT molecular complexity index is 2680. The maximum absolute atomic E-state index is 11.7. The fourth-order valence-corrected chi connectivity index (χ4v) is 17.4. The van der Waals surface area contributed by atoms with Gasteiger partial charge in [-0.15, -0.1) is 0 Å². The molecule has 688 valence electrons. The van der Waals surface area contributed by atoms with Crippen molar-refractivity contribution in [1.82, 2.24) is 0 Å². The lowest BCUT2D eigenvalue weighted by atomic mass is 9.93. The molecule has 8 aliphatic carbocycles. The SMILES string of the molecule is CC1CC(=O)CCCCC(=O)C1.CC1CC(=O)CCCCCCCC(=O)C1.CC1CC(=O)CCCCCCCCC(=O)C1.CC1CC(=O)CCCCCCCCCC(=O)C1.CC1CC(=O)CCCCCCCCCCC(=O)C1.O=C1CCCCCC(=O)CCC1.O=C1CCCCCCC(=O)CCC1.O=C1CCCCCCCCCCC(=O)CCC1. The molecule has 16 nitrogen and oxygen atoms in total. The third-order valence-electron chi connectivity index (χ3n) is 24.5. The zero-order valence-electron chi connectivity index (χ0n) is 77.6. The molecule has 120 heavy (non-hydrogen) atoms. The molecular formula is C104H176O16. The van der Waals surface area contributed by atoms with Crippen molar-refractivity contribution in [3.8, 4) is 0 Å². The fraction of sp³-hybridized carbons (Fsp3) is 0.846. The maximum Gasteiger partial charge on any atom is 0.133 e. The van der Waals surface area contributed by atoms with Crippen molar-refractivity contribution >= 4 is 92.5 Å². The minimum absolute atomic E-state index is 0.245. The lowest BCUT2D eigenvalue weighted by Crippen LogP contribution is -2.11. The van der Waals surface area contributed by atoms with Crippen molar-refractivity contribution in [1.29, 1.82) is 0 Å². The van der Waals surface area contributed by atoms with Gasteiger partial charge in [0.2, 0.25) is 0 Å². The highest BCUT2D eigenvalue weighted by atomic mass is 16.2. The number of rotatable bonds is 0. The average Bonchev–Trinajstić information content (AvgIpc) is 1.42. The van der Waals surface area contributed by atoms with E-state index in [9.17, 15) is 76.7 Å². The summed E-state index contributed by atoms with van der Waals surface area (Å²) in [6.07, 6.45) is 72.5. The number of Topliss-reactive ketones (excluding diaryl/α,β-unsaturated/α-hetero) is 16. The monoisotopic (exact) mass is 1680 g/mol. The van der Waals surface area contributed by atoms with Crippen molar-refractivity contribution in [3.63, 3.8) is 0 Å². The third kappa shape index (κ3) is 76.4. The summed E-state index contributed by atoms with van der Waals surface area (Å²) < 4.78 is 0. The first kappa shape index (κ1) is 113. The molecule has 0 amide bonds. The van der Waals surface area contributed by atoms with Crippen molar-refractivity contribution < 1.29 is 76.7 Å². The maximum atomic E-state index is 11.7. The van der Waals surface area contributed by atoms with E-state index >= 15 is 0 Å². The molecule has 8 aliphatic rings. The lowest BCUT2D eigenvalue weighted by Gasteiger charge is -2.11. The molecule has 16 heteroatoms. The van der Waals surface area contributed by atoms with Crippen LogP contribution in [0.15, 0.2) is 0 Å². The smallest absolute Gasteiger partial charge is 0.133 e. The molecule has 0 aromatic carbocycles. The Balaban J connectivity index is 0.000000688. The summed E-state index contributed by atoms with van der Waals surface area (Å²) in [6.45, 7) is 10.1. The predicted molar refractivity (Wildman–Crippen MR) is 486 cm³/mol. The van der Waals surface area contributed by atoms with Gasteiger partial charge in [0.15, 0.2) is 0 Å². The van der Waals surface area contributed by atoms with Crippen molar-refractivity contribution in [2.75, 3.05) is 0 Å². The van der Waals surface area contributed by atoms with Gasteiger partial charge in [-0.25, -0.2) is 0 Å². The van der Waals surface area contributed by atoms with Gasteiger partial charge in [0.1, 0.15) is 92.5 Å². The lowest BCUT2D eigenvalue weighted by molar-refractivity contribution is -0.123. The van der Waals surface area contributed by atoms with Crippen LogP contribution in [0, 0.1) is 29.6 Å². The highest BCUT2D eigenvalue weighted by Crippen LogP contribution is 2.25. The molecule has 0 N–H and O–H groups in total. The molecule has 0 atom stereocenters. The molecule has 0 heterocycles. The van der Waals surface area contributed by atoms with E-state index in [1.54, 1.807) is 0 Å². The second-order valence-electron chi connectivity index (χ2n) is 37.9. The van der Waals surface area contributed by atoms with Crippen LogP contribution in [-0.2, 0) is 76.7 Å². The second kappa shape index (κ2) is 78.4. The van der Waals surface area contributed by atoms with E-state index in [1.165, 1.54) is 141 Å². The Morgan fingerprint density at radius 1 is 0.100 bits per heavy atom. The highest BCUT2D eigenvalue weighted by Gasteiger charge is 2.21. The number of carbonyl (C=O) groups excluding carboxylic acids is 16. The number of hydrogen-bond acceptors (Lipinski definition) is 16. The molecule has 0 spiro atoms.